The summed E-state index contributed by atoms with van der Waals surface area (Å²) >= 11 is 0. The maximum Gasteiger partial charge on any atom is 0.482 e. The SMILES string of the molecule is C=CC(=O)N1CCC[C@@H]1CNC(=O)N[C@@H](Cc1ccccc1)B(O)O.C=CC(=O)N1CCC[C@@H]1CNC(=O)N[C@@H](Cc1ccccc1)B1O[C@@H]2C[C@@H]3C[C@@H](C3(C)C)[C@]2(C)O1.CC(C)CB(O)O. The average molecular weight is 927 g/mol. The molecule has 3 aliphatic carbocycles. The Hall–Kier alpha value is -4.65. The zero-order chi connectivity index (χ0) is 48.9. The van der Waals surface area contributed by atoms with Gasteiger partial charge in [0.1, 0.15) is 0 Å². The molecule has 6 aliphatic rings. The molecule has 2 aromatic rings. The summed E-state index contributed by atoms with van der Waals surface area (Å²) in [5.74, 6) is 0.139. The number of amides is 6. The van der Waals surface area contributed by atoms with Crippen LogP contribution >= 0.6 is 0 Å². The van der Waals surface area contributed by atoms with E-state index in [9.17, 15) is 29.2 Å². The minimum absolute atomic E-state index is 0.00591. The van der Waals surface area contributed by atoms with E-state index in [0.717, 1.165) is 43.2 Å². The highest BCUT2D eigenvalue weighted by Gasteiger charge is 2.68. The van der Waals surface area contributed by atoms with Crippen LogP contribution in [-0.4, -0.2) is 137 Å². The normalized spacial score (nSPS) is 25.1. The van der Waals surface area contributed by atoms with Crippen LogP contribution in [0.5, 0.6) is 0 Å². The third-order valence-corrected chi connectivity index (χ3v) is 14.2. The van der Waals surface area contributed by atoms with Crippen molar-refractivity contribution >= 4 is 45.2 Å². The maximum atomic E-state index is 13.0. The van der Waals surface area contributed by atoms with Crippen molar-refractivity contribution in [3.8, 4) is 0 Å². The van der Waals surface area contributed by atoms with E-state index in [1.165, 1.54) is 18.6 Å². The molecule has 0 unspecified atom stereocenters. The molecular weight excluding hydrogens is 853 g/mol. The van der Waals surface area contributed by atoms with Gasteiger partial charge in [0.15, 0.2) is 0 Å². The Labute approximate surface area is 398 Å². The molecular formula is C48H73B3N6O10. The molecule has 3 saturated heterocycles. The molecule has 3 saturated carbocycles. The first-order valence-electron chi connectivity index (χ1n) is 23.9. The molecule has 6 amide bonds. The van der Waals surface area contributed by atoms with Crippen LogP contribution in [0.3, 0.4) is 0 Å². The summed E-state index contributed by atoms with van der Waals surface area (Å²) in [6.45, 7) is 19.9. The quantitative estimate of drug-likeness (QED) is 0.0904. The third-order valence-electron chi connectivity index (χ3n) is 14.2. The van der Waals surface area contributed by atoms with Crippen LogP contribution in [0, 0.1) is 23.2 Å². The van der Waals surface area contributed by atoms with Crippen molar-refractivity contribution in [1.29, 1.82) is 0 Å². The largest absolute Gasteiger partial charge is 0.482 e. The Morgan fingerprint density at radius 1 is 0.791 bits per heavy atom. The van der Waals surface area contributed by atoms with E-state index in [1.807, 2.05) is 62.4 Å². The second-order valence-corrected chi connectivity index (χ2v) is 19.7. The number of hydrogen-bond acceptors (Lipinski definition) is 10. The minimum Gasteiger partial charge on any atom is -0.427 e. The summed E-state index contributed by atoms with van der Waals surface area (Å²) in [6.07, 6.45) is 9.78. The Morgan fingerprint density at radius 3 is 1.75 bits per heavy atom. The van der Waals surface area contributed by atoms with Gasteiger partial charge in [-0.15, -0.1) is 0 Å². The van der Waals surface area contributed by atoms with E-state index in [4.69, 9.17) is 19.4 Å². The summed E-state index contributed by atoms with van der Waals surface area (Å²) in [7, 11) is -3.30. The number of rotatable bonds is 16. The van der Waals surface area contributed by atoms with Crippen LogP contribution in [0.2, 0.25) is 6.32 Å². The maximum absolute atomic E-state index is 13.0. The standard InChI is InChI=1S/C27H38BN3O4.C17H24BN3O4.C4H11BO2/c1-5-24(32)31-13-9-12-20(31)17-29-25(33)30-23(14-18-10-7-6-8-11-18)28-34-22-16-19-15-21(26(19,2)3)27(22,4)35-28;1-2-16(22)21-10-6-9-14(21)12-19-17(23)20-15(18(24)25)11-13-7-4-3-5-8-13;1-4(2)3-5(6)7/h5-8,10-11,19-23H,1,9,12-17H2,2-4H3,(H2,29,30,33);2-5,7-8,14-15,24-25H,1,6,9-12H2,(H2,19,20,23);4,6-7H,3H2,1-2H3/t19-,20+,21-,22+,23-,27-;14-,15+;/m01./s1. The number of carbonyl (C=O) groups excluding carboxylic acids is 4. The molecule has 16 nitrogen and oxygen atoms in total. The van der Waals surface area contributed by atoms with Gasteiger partial charge in [0.2, 0.25) is 11.8 Å². The van der Waals surface area contributed by atoms with Gasteiger partial charge in [-0.05, 0) is 111 Å². The van der Waals surface area contributed by atoms with E-state index in [1.54, 1.807) is 9.80 Å². The van der Waals surface area contributed by atoms with Crippen molar-refractivity contribution in [2.45, 2.75) is 128 Å². The Balaban J connectivity index is 0.000000229. The van der Waals surface area contributed by atoms with Gasteiger partial charge in [-0.25, -0.2) is 9.59 Å². The topological polar surface area (TPSA) is 222 Å². The smallest absolute Gasteiger partial charge is 0.427 e. The molecule has 0 spiro atoms. The second kappa shape index (κ2) is 24.6. The molecule has 364 valence electrons. The Kier molecular flexibility index (Phi) is 19.6. The van der Waals surface area contributed by atoms with E-state index in [0.29, 0.717) is 63.1 Å². The number of carbonyl (C=O) groups is 4. The van der Waals surface area contributed by atoms with Gasteiger partial charge >= 0.3 is 33.4 Å². The Bertz CT molecular complexity index is 1950. The van der Waals surface area contributed by atoms with E-state index >= 15 is 0 Å². The summed E-state index contributed by atoms with van der Waals surface area (Å²) in [5.41, 5.74) is 1.94. The van der Waals surface area contributed by atoms with E-state index in [-0.39, 0.29) is 53.0 Å². The predicted octanol–water partition coefficient (Wildman–Crippen LogP) is 3.54. The number of hydrogen-bond donors (Lipinski definition) is 8. The lowest BCUT2D eigenvalue weighted by Crippen LogP contribution is -2.65. The first-order valence-corrected chi connectivity index (χ1v) is 23.9. The molecule has 0 aromatic heterocycles. The summed E-state index contributed by atoms with van der Waals surface area (Å²) in [4.78, 5) is 52.4. The predicted molar refractivity (Wildman–Crippen MR) is 261 cm³/mol. The lowest BCUT2D eigenvalue weighted by molar-refractivity contribution is -0.199. The van der Waals surface area contributed by atoms with Gasteiger partial charge < -0.3 is 60.5 Å². The van der Waals surface area contributed by atoms with Crippen molar-refractivity contribution in [1.82, 2.24) is 31.1 Å². The molecule has 8 N–H and O–H groups in total. The number of nitrogens with one attached hydrogen (secondary N) is 4. The monoisotopic (exact) mass is 927 g/mol. The molecule has 2 bridgehead atoms. The van der Waals surface area contributed by atoms with Crippen LogP contribution in [0.15, 0.2) is 86.0 Å². The number of likely N-dealkylation sites (tertiary alicyclic amines) is 2. The molecule has 8 atom stereocenters. The molecule has 0 radical (unpaired) electrons. The molecule has 6 fully saturated rings. The van der Waals surface area contributed by atoms with Crippen molar-refractivity contribution in [3.05, 3.63) is 97.1 Å². The molecule has 3 heterocycles. The average Bonchev–Trinajstić information content (AvgIpc) is 4.06. The van der Waals surface area contributed by atoms with E-state index in [2.05, 4.69) is 67.3 Å². The lowest BCUT2D eigenvalue weighted by Gasteiger charge is -2.64. The van der Waals surface area contributed by atoms with Crippen LogP contribution < -0.4 is 21.3 Å². The number of urea groups is 2. The second-order valence-electron chi connectivity index (χ2n) is 19.7. The number of benzene rings is 2. The van der Waals surface area contributed by atoms with Crippen molar-refractivity contribution in [3.63, 3.8) is 0 Å². The van der Waals surface area contributed by atoms with Gasteiger partial charge in [-0.2, -0.15) is 0 Å². The zero-order valence-corrected chi connectivity index (χ0v) is 40.0. The number of nitrogens with zero attached hydrogens (tertiary/aromatic N) is 2. The molecule has 3 aliphatic heterocycles. The summed E-state index contributed by atoms with van der Waals surface area (Å²) in [5, 5.41) is 47.0. The fraction of sp³-hybridized carbons (Fsp3) is 0.583. The molecule has 19 heteroatoms. The first kappa shape index (κ1) is 53.3. The molecule has 2 aromatic carbocycles. The minimum atomic E-state index is -1.67. The summed E-state index contributed by atoms with van der Waals surface area (Å²) < 4.78 is 13.2. The molecule has 67 heavy (non-hydrogen) atoms. The van der Waals surface area contributed by atoms with Crippen LogP contribution in [0.25, 0.3) is 0 Å². The van der Waals surface area contributed by atoms with Crippen LogP contribution in [-0.2, 0) is 31.7 Å². The van der Waals surface area contributed by atoms with Crippen LogP contribution in [0.4, 0.5) is 9.59 Å². The highest BCUT2D eigenvalue weighted by atomic mass is 16.7. The first-order chi connectivity index (χ1) is 31.9. The Morgan fingerprint density at radius 2 is 1.30 bits per heavy atom. The van der Waals surface area contributed by atoms with Crippen molar-refractivity contribution in [2.24, 2.45) is 23.2 Å². The summed E-state index contributed by atoms with van der Waals surface area (Å²) in [6, 6.07) is 18.6. The van der Waals surface area contributed by atoms with Gasteiger partial charge in [-0.3, -0.25) is 9.59 Å². The lowest BCUT2D eigenvalue weighted by atomic mass is 9.43. The van der Waals surface area contributed by atoms with Gasteiger partial charge in [0.05, 0.1) is 23.6 Å². The van der Waals surface area contributed by atoms with Crippen molar-refractivity contribution in [2.75, 3.05) is 26.2 Å². The van der Waals surface area contributed by atoms with Gasteiger partial charge in [-0.1, -0.05) is 102 Å². The van der Waals surface area contributed by atoms with Crippen LogP contribution in [0.1, 0.15) is 84.3 Å². The highest BCUT2D eigenvalue weighted by molar-refractivity contribution is 6.48. The fourth-order valence-electron chi connectivity index (χ4n) is 10.4. The van der Waals surface area contributed by atoms with Gasteiger partial charge in [0, 0.05) is 38.3 Å². The van der Waals surface area contributed by atoms with E-state index < -0.39 is 33.3 Å². The fourth-order valence-corrected chi connectivity index (χ4v) is 10.4. The zero-order valence-electron chi connectivity index (χ0n) is 40.0. The molecule has 8 rings (SSSR count). The van der Waals surface area contributed by atoms with Gasteiger partial charge in [0.25, 0.3) is 0 Å². The van der Waals surface area contributed by atoms with Crippen molar-refractivity contribution < 1.29 is 48.6 Å². The third kappa shape index (κ3) is 14.4. The highest BCUT2D eigenvalue weighted by Crippen LogP contribution is 2.65.